The molecule has 0 amide bonds. The molecule has 3 rings (SSSR count). The fraction of sp³-hybridized carbons (Fsp3) is 0.364. The van der Waals surface area contributed by atoms with E-state index in [0.29, 0.717) is 12.6 Å². The van der Waals surface area contributed by atoms with Crippen molar-refractivity contribution in [3.05, 3.63) is 39.4 Å². The summed E-state index contributed by atoms with van der Waals surface area (Å²) >= 11 is 6.99. The molecule has 0 aromatic heterocycles. The molecule has 0 aliphatic carbocycles. The molecule has 1 saturated heterocycles. The fourth-order valence-electron chi connectivity index (χ4n) is 2.36. The lowest BCUT2D eigenvalue weighted by Gasteiger charge is -2.31. The minimum absolute atomic E-state index is 0.167. The summed E-state index contributed by atoms with van der Waals surface area (Å²) in [5.41, 5.74) is 2.43. The summed E-state index contributed by atoms with van der Waals surface area (Å²) in [7, 11) is 0. The Kier molecular flexibility index (Phi) is 2.56. The second-order valence-electron chi connectivity index (χ2n) is 4.27. The number of thiocarbonyl (C=S) groups is 1. The second-order valence-corrected chi connectivity index (χ2v) is 5.93. The Morgan fingerprint density at radius 1 is 1.47 bits per heavy atom. The van der Waals surface area contributed by atoms with E-state index in [9.17, 15) is 10.1 Å². The summed E-state index contributed by atoms with van der Waals surface area (Å²) in [5.74, 6) is 1.04. The van der Waals surface area contributed by atoms with E-state index in [1.807, 2.05) is 6.07 Å². The van der Waals surface area contributed by atoms with Crippen molar-refractivity contribution < 1.29 is 4.92 Å². The van der Waals surface area contributed by atoms with Crippen LogP contribution in [0.1, 0.15) is 11.1 Å². The van der Waals surface area contributed by atoms with E-state index in [-0.39, 0.29) is 10.6 Å². The summed E-state index contributed by atoms with van der Waals surface area (Å²) < 4.78 is 0.923. The summed E-state index contributed by atoms with van der Waals surface area (Å²) in [6.07, 6.45) is 0.945. The van der Waals surface area contributed by atoms with Crippen LogP contribution >= 0.6 is 24.0 Å². The molecule has 0 radical (unpaired) electrons. The highest BCUT2D eigenvalue weighted by Gasteiger charge is 2.33. The van der Waals surface area contributed by atoms with Gasteiger partial charge in [-0.25, -0.2) is 0 Å². The first-order chi connectivity index (χ1) is 8.15. The molecule has 0 N–H and O–H groups in total. The zero-order valence-corrected chi connectivity index (χ0v) is 10.6. The molecule has 1 aromatic carbocycles. The molecular formula is C11H10N2O2S2. The van der Waals surface area contributed by atoms with E-state index in [1.54, 1.807) is 23.9 Å². The first-order valence-electron chi connectivity index (χ1n) is 5.35. The lowest BCUT2D eigenvalue weighted by Crippen LogP contribution is -2.38. The molecular weight excluding hydrogens is 256 g/mol. The number of nitro benzene ring substituents is 1. The topological polar surface area (TPSA) is 46.4 Å². The highest BCUT2D eigenvalue weighted by molar-refractivity contribution is 8.23. The van der Waals surface area contributed by atoms with Crippen molar-refractivity contribution in [2.45, 2.75) is 19.0 Å². The molecule has 88 valence electrons. The number of non-ortho nitro benzene ring substituents is 1. The van der Waals surface area contributed by atoms with Gasteiger partial charge in [0.15, 0.2) is 0 Å². The van der Waals surface area contributed by atoms with Crippen LogP contribution in [0.5, 0.6) is 0 Å². The zero-order valence-electron chi connectivity index (χ0n) is 8.96. The van der Waals surface area contributed by atoms with E-state index in [0.717, 1.165) is 22.1 Å². The lowest BCUT2D eigenvalue weighted by molar-refractivity contribution is -0.385. The van der Waals surface area contributed by atoms with E-state index >= 15 is 0 Å². The molecule has 1 atom stereocenters. The van der Waals surface area contributed by atoms with Gasteiger partial charge in [-0.2, -0.15) is 0 Å². The summed E-state index contributed by atoms with van der Waals surface area (Å²) in [6, 6.07) is 5.63. The molecule has 0 saturated carbocycles. The summed E-state index contributed by atoms with van der Waals surface area (Å²) in [5, 5.41) is 10.7. The van der Waals surface area contributed by atoms with Crippen LogP contribution in [-0.4, -0.2) is 25.9 Å². The Hall–Kier alpha value is -1.14. The van der Waals surface area contributed by atoms with Crippen LogP contribution < -0.4 is 0 Å². The van der Waals surface area contributed by atoms with Crippen molar-refractivity contribution >= 4 is 34.0 Å². The van der Waals surface area contributed by atoms with E-state index in [1.165, 1.54) is 5.56 Å². The van der Waals surface area contributed by atoms with Crippen molar-refractivity contribution in [2.75, 3.05) is 5.75 Å². The van der Waals surface area contributed by atoms with Crippen molar-refractivity contribution in [3.8, 4) is 0 Å². The molecule has 6 heteroatoms. The standard InChI is InChI=1S/C11H10N2O2S2/c14-13(15)9-2-1-7-3-10-6-17-11(16)12(10)5-8(7)4-9/h1-2,4,10H,3,5-6H2. The Bertz CT molecular complexity index is 518. The molecule has 2 heterocycles. The van der Waals surface area contributed by atoms with Gasteiger partial charge in [-0.15, -0.1) is 0 Å². The van der Waals surface area contributed by atoms with E-state index in [4.69, 9.17) is 12.2 Å². The normalized spacial score (nSPS) is 22.2. The van der Waals surface area contributed by atoms with Crippen LogP contribution in [0, 0.1) is 10.1 Å². The predicted octanol–water partition coefficient (Wildman–Crippen LogP) is 2.35. The molecule has 1 fully saturated rings. The largest absolute Gasteiger partial charge is 0.349 e. The number of nitro groups is 1. The van der Waals surface area contributed by atoms with Crippen molar-refractivity contribution in [3.63, 3.8) is 0 Å². The SMILES string of the molecule is O=[N+]([O-])c1ccc2c(c1)CN1C(=S)SCC1C2. The molecule has 0 bridgehead atoms. The minimum atomic E-state index is -0.344. The maximum atomic E-state index is 10.7. The summed E-state index contributed by atoms with van der Waals surface area (Å²) in [6.45, 7) is 0.716. The third-order valence-corrected chi connectivity index (χ3v) is 4.89. The highest BCUT2D eigenvalue weighted by atomic mass is 32.2. The van der Waals surface area contributed by atoms with E-state index < -0.39 is 0 Å². The number of rotatable bonds is 1. The first-order valence-corrected chi connectivity index (χ1v) is 6.74. The van der Waals surface area contributed by atoms with Gasteiger partial charge in [-0.3, -0.25) is 10.1 Å². The van der Waals surface area contributed by atoms with Gasteiger partial charge in [0.2, 0.25) is 0 Å². The second kappa shape index (κ2) is 3.96. The minimum Gasteiger partial charge on any atom is -0.349 e. The Morgan fingerprint density at radius 2 is 2.29 bits per heavy atom. The average Bonchev–Trinajstić information content (AvgIpc) is 2.67. The molecule has 2 aliphatic heterocycles. The molecule has 17 heavy (non-hydrogen) atoms. The van der Waals surface area contributed by atoms with Crippen molar-refractivity contribution in [1.82, 2.24) is 4.90 Å². The third kappa shape index (κ3) is 1.81. The van der Waals surface area contributed by atoms with Gasteiger partial charge >= 0.3 is 0 Å². The van der Waals surface area contributed by atoms with E-state index in [2.05, 4.69) is 4.90 Å². The van der Waals surface area contributed by atoms with Gasteiger partial charge in [0.05, 0.1) is 4.92 Å². The van der Waals surface area contributed by atoms with Gasteiger partial charge in [0, 0.05) is 30.5 Å². The molecule has 1 unspecified atom stereocenters. The zero-order chi connectivity index (χ0) is 12.0. The van der Waals surface area contributed by atoms with Gasteiger partial charge in [-0.05, 0) is 17.5 Å². The molecule has 2 aliphatic rings. The number of hydrogen-bond donors (Lipinski definition) is 0. The van der Waals surface area contributed by atoms with Crippen LogP contribution in [0.15, 0.2) is 18.2 Å². The van der Waals surface area contributed by atoms with Crippen LogP contribution in [0.25, 0.3) is 0 Å². The smallest absolute Gasteiger partial charge is 0.269 e. The van der Waals surface area contributed by atoms with Crippen molar-refractivity contribution in [2.24, 2.45) is 0 Å². The molecule has 4 nitrogen and oxygen atoms in total. The maximum absolute atomic E-state index is 10.7. The van der Waals surface area contributed by atoms with Gasteiger partial charge in [0.1, 0.15) is 4.32 Å². The van der Waals surface area contributed by atoms with Crippen LogP contribution in [0.3, 0.4) is 0 Å². The molecule has 0 spiro atoms. The number of hydrogen-bond acceptors (Lipinski definition) is 4. The fourth-order valence-corrected chi connectivity index (χ4v) is 3.79. The number of nitrogens with zero attached hydrogens (tertiary/aromatic N) is 2. The van der Waals surface area contributed by atoms with Gasteiger partial charge < -0.3 is 4.90 Å². The van der Waals surface area contributed by atoms with Crippen LogP contribution in [0.2, 0.25) is 0 Å². The monoisotopic (exact) mass is 266 g/mol. The lowest BCUT2D eigenvalue weighted by atomic mass is 9.95. The highest BCUT2D eigenvalue weighted by Crippen LogP contribution is 2.34. The maximum Gasteiger partial charge on any atom is 0.269 e. The van der Waals surface area contributed by atoms with Gasteiger partial charge in [0.25, 0.3) is 5.69 Å². The Morgan fingerprint density at radius 3 is 3.06 bits per heavy atom. The van der Waals surface area contributed by atoms with Crippen LogP contribution in [0.4, 0.5) is 5.69 Å². The molecule has 1 aromatic rings. The summed E-state index contributed by atoms with van der Waals surface area (Å²) in [4.78, 5) is 12.6. The number of benzene rings is 1. The first kappa shape index (κ1) is 11.0. The Labute approximate surface area is 108 Å². The number of thioether (sulfide) groups is 1. The van der Waals surface area contributed by atoms with Gasteiger partial charge in [-0.1, -0.05) is 30.0 Å². The van der Waals surface area contributed by atoms with Crippen molar-refractivity contribution in [1.29, 1.82) is 0 Å². The quantitative estimate of drug-likeness (QED) is 0.443. The number of fused-ring (bicyclic) bond motifs is 2. The Balaban J connectivity index is 1.98. The van der Waals surface area contributed by atoms with Crippen LogP contribution in [-0.2, 0) is 13.0 Å². The third-order valence-electron chi connectivity index (χ3n) is 3.27. The average molecular weight is 266 g/mol. The predicted molar refractivity (Wildman–Crippen MR) is 71.2 cm³/mol.